The van der Waals surface area contributed by atoms with Gasteiger partial charge in [0.05, 0.1) is 0 Å². The number of pyridine rings is 1. The fourth-order valence-corrected chi connectivity index (χ4v) is 7.83. The van der Waals surface area contributed by atoms with Gasteiger partial charge in [-0.05, 0) is 86.6 Å². The molecule has 9 rings (SSSR count). The summed E-state index contributed by atoms with van der Waals surface area (Å²) in [6, 6.07) is 45.4. The zero-order valence-corrected chi connectivity index (χ0v) is 32.6. The van der Waals surface area contributed by atoms with Crippen molar-refractivity contribution in [3.05, 3.63) is 168 Å². The van der Waals surface area contributed by atoms with E-state index in [1.807, 2.05) is 18.3 Å². The molecule has 6 aromatic rings. The average Bonchev–Trinajstić information content (AvgIpc) is 3.64. The molecule has 0 N–H and O–H groups in total. The molecule has 0 unspecified atom stereocenters. The summed E-state index contributed by atoms with van der Waals surface area (Å²) in [5.41, 5.74) is 16.1. The van der Waals surface area contributed by atoms with Crippen LogP contribution in [0.1, 0.15) is 47.2 Å². The van der Waals surface area contributed by atoms with Crippen LogP contribution in [0.15, 0.2) is 115 Å². The topological polar surface area (TPSA) is 25.9 Å². The maximum Gasteiger partial charge on any atom is 3.00 e. The van der Waals surface area contributed by atoms with E-state index < -0.39 is 0 Å². The van der Waals surface area contributed by atoms with E-state index >= 15 is 0 Å². The Kier molecular flexibility index (Phi) is 9.07. The molecule has 0 radical (unpaired) electrons. The van der Waals surface area contributed by atoms with Crippen molar-refractivity contribution in [3.63, 3.8) is 0 Å². The summed E-state index contributed by atoms with van der Waals surface area (Å²) >= 11 is 0. The van der Waals surface area contributed by atoms with E-state index in [2.05, 4.69) is 184 Å². The molecule has 0 bridgehead atoms. The van der Waals surface area contributed by atoms with E-state index in [4.69, 9.17) is 4.98 Å². The van der Waals surface area contributed by atoms with Gasteiger partial charge < -0.3 is 19.4 Å². The molecule has 7 heteroatoms. The average molecular weight is 843 g/mol. The van der Waals surface area contributed by atoms with Crippen molar-refractivity contribution in [1.82, 2.24) is 4.98 Å². The second-order valence-electron chi connectivity index (χ2n) is 14.1. The molecule has 0 amide bonds. The Morgan fingerprint density at radius 2 is 1.31 bits per heavy atom. The van der Waals surface area contributed by atoms with Crippen molar-refractivity contribution in [2.24, 2.45) is 0 Å². The van der Waals surface area contributed by atoms with Crippen molar-refractivity contribution in [3.8, 4) is 0 Å². The first-order valence-electron chi connectivity index (χ1n) is 17.3. The van der Waals surface area contributed by atoms with E-state index in [1.54, 1.807) is 0 Å². The summed E-state index contributed by atoms with van der Waals surface area (Å²) < 4.78 is 0. The van der Waals surface area contributed by atoms with Crippen molar-refractivity contribution in [2.75, 3.05) is 26.5 Å². The van der Waals surface area contributed by atoms with Gasteiger partial charge in [-0.25, -0.2) is 4.98 Å². The van der Waals surface area contributed by atoms with Gasteiger partial charge in [0, 0.05) is 23.3 Å². The smallest absolute Gasteiger partial charge is 0.504 e. The first kappa shape index (κ1) is 34.6. The number of anilines is 7. The Bertz CT molecular complexity index is 2220. The van der Waals surface area contributed by atoms with E-state index in [9.17, 15) is 0 Å². The Labute approximate surface area is 317 Å². The van der Waals surface area contributed by atoms with Gasteiger partial charge in [-0.3, -0.25) is 0 Å². The van der Waals surface area contributed by atoms with Gasteiger partial charge in [0.15, 0.2) is 0 Å². The Hall–Kier alpha value is -4.84. The first-order chi connectivity index (χ1) is 24.2. The Morgan fingerprint density at radius 1 is 0.667 bits per heavy atom. The summed E-state index contributed by atoms with van der Waals surface area (Å²) in [7, 11) is 2.10. The molecule has 3 aliphatic heterocycles. The van der Waals surface area contributed by atoms with Crippen LogP contribution < -0.4 is 24.9 Å². The van der Waals surface area contributed by atoms with Gasteiger partial charge in [0.2, 0.25) is 0 Å². The molecule has 0 saturated heterocycles. The molecule has 0 fully saturated rings. The summed E-state index contributed by atoms with van der Waals surface area (Å²) in [4.78, 5) is 14.1. The van der Waals surface area contributed by atoms with Gasteiger partial charge in [-0.1, -0.05) is 84.9 Å². The standard InChI is InChI=1S/C27H25BN3.C17H16N2.Ir/c1-19-11-10-12-20(2)27(19)28-30(23-13-6-5-7-14-23)24-15-8-9-16-25(24)31(28)26-17-21(3)22(4)18-29-26;1-17(2)12-7-4-5-9-14(12)19-11-18(3)15-10-6-8-13(17)16(15)19;/h5-15,17-18H,1-4H3;4-8,10-11H,1-3H3;/q-1;-2;+3. The van der Waals surface area contributed by atoms with Crippen LogP contribution in [0.5, 0.6) is 0 Å². The van der Waals surface area contributed by atoms with Crippen LogP contribution in [0.25, 0.3) is 0 Å². The number of fused-ring (bicyclic) bond motifs is 3. The Morgan fingerprint density at radius 3 is 2.04 bits per heavy atom. The van der Waals surface area contributed by atoms with Gasteiger partial charge in [0.25, 0.3) is 0 Å². The van der Waals surface area contributed by atoms with Crippen molar-refractivity contribution >= 4 is 52.4 Å². The normalized spacial score (nSPS) is 14.7. The molecule has 3 aliphatic rings. The molecule has 1 aromatic heterocycles. The summed E-state index contributed by atoms with van der Waals surface area (Å²) in [6.45, 7) is 15.3. The van der Waals surface area contributed by atoms with Gasteiger partial charge in [-0.2, -0.15) is 49.1 Å². The molecule has 0 aliphatic carbocycles. The fourth-order valence-electron chi connectivity index (χ4n) is 7.83. The molecule has 0 atom stereocenters. The van der Waals surface area contributed by atoms with Crippen LogP contribution in [-0.2, 0) is 25.5 Å². The van der Waals surface area contributed by atoms with Gasteiger partial charge in [-0.15, -0.1) is 17.3 Å². The van der Waals surface area contributed by atoms with Crippen molar-refractivity contribution in [2.45, 2.75) is 47.0 Å². The minimum absolute atomic E-state index is 0. The minimum atomic E-state index is -0.0492. The third-order valence-electron chi connectivity index (χ3n) is 10.6. The summed E-state index contributed by atoms with van der Waals surface area (Å²) in [5, 5.41) is 0. The van der Waals surface area contributed by atoms with Crippen LogP contribution in [0.4, 0.5) is 39.9 Å². The Balaban J connectivity index is 0.000000174. The van der Waals surface area contributed by atoms with Crippen LogP contribution in [-0.4, -0.2) is 19.0 Å². The number of rotatable bonds is 3. The van der Waals surface area contributed by atoms with Crippen molar-refractivity contribution in [1.29, 1.82) is 0 Å². The maximum atomic E-state index is 4.86. The van der Waals surface area contributed by atoms with E-state index in [1.165, 1.54) is 55.9 Å². The van der Waals surface area contributed by atoms with Crippen LogP contribution in [0, 0.1) is 46.5 Å². The molecule has 5 nitrogen and oxygen atoms in total. The molecule has 4 heterocycles. The number of benzene rings is 5. The van der Waals surface area contributed by atoms with Crippen LogP contribution in [0.3, 0.4) is 0 Å². The van der Waals surface area contributed by atoms with Gasteiger partial charge >= 0.3 is 27.1 Å². The maximum absolute atomic E-state index is 4.86. The first-order valence-corrected chi connectivity index (χ1v) is 17.3. The SMILES string of the molecule is CN1[CH-]N2c3[c-]cccc3C(C)(C)c3cccc1c32.Cc1cnc(N2B(c3c(C)cccc3C)N(c3ccccc3)c3ccc[c-]c32)cc1C.[Ir+3]. The number of hydrogen-bond acceptors (Lipinski definition) is 5. The minimum Gasteiger partial charge on any atom is -0.504 e. The van der Waals surface area contributed by atoms with E-state index in [0.717, 1.165) is 22.9 Å². The van der Waals surface area contributed by atoms with Crippen LogP contribution in [0.2, 0.25) is 0 Å². The molecular formula is C44H41BIrN5. The number of aryl methyl sites for hydroxylation is 4. The predicted molar refractivity (Wildman–Crippen MR) is 210 cm³/mol. The monoisotopic (exact) mass is 843 g/mol. The summed E-state index contributed by atoms with van der Waals surface area (Å²) in [6.07, 6.45) is 1.97. The molecular weight excluding hydrogens is 802 g/mol. The molecule has 0 saturated carbocycles. The van der Waals surface area contributed by atoms with Crippen molar-refractivity contribution < 1.29 is 20.1 Å². The van der Waals surface area contributed by atoms with E-state index in [0.29, 0.717) is 0 Å². The second-order valence-corrected chi connectivity index (χ2v) is 14.1. The molecule has 5 aromatic carbocycles. The molecule has 254 valence electrons. The third-order valence-corrected chi connectivity index (χ3v) is 10.6. The molecule has 51 heavy (non-hydrogen) atoms. The zero-order valence-electron chi connectivity index (χ0n) is 30.2. The predicted octanol–water partition coefficient (Wildman–Crippen LogP) is 9.63. The summed E-state index contributed by atoms with van der Waals surface area (Å²) in [5.74, 6) is 0.942. The van der Waals surface area contributed by atoms with Crippen LogP contribution >= 0.6 is 0 Å². The quantitative estimate of drug-likeness (QED) is 0.131. The number of aromatic nitrogens is 1. The van der Waals surface area contributed by atoms with E-state index in [-0.39, 0.29) is 32.5 Å². The molecule has 0 spiro atoms. The largest absolute Gasteiger partial charge is 3.00 e. The number of nitrogens with zero attached hydrogens (tertiary/aromatic N) is 5. The zero-order chi connectivity index (χ0) is 34.7. The second kappa shape index (κ2) is 13.4. The number of hydrogen-bond donors (Lipinski definition) is 0. The third kappa shape index (κ3) is 5.64. The van der Waals surface area contributed by atoms with Gasteiger partial charge in [0.1, 0.15) is 5.82 Å². The number of para-hydroxylation sites is 4. The fraction of sp³-hybridized carbons (Fsp3) is 0.182.